The van der Waals surface area contributed by atoms with Crippen molar-refractivity contribution in [3.05, 3.63) is 0 Å². The van der Waals surface area contributed by atoms with E-state index in [1.165, 1.54) is 0 Å². The van der Waals surface area contributed by atoms with E-state index < -0.39 is 12.0 Å². The van der Waals surface area contributed by atoms with E-state index in [0.717, 1.165) is 6.54 Å². The fourth-order valence-electron chi connectivity index (χ4n) is 2.06. The van der Waals surface area contributed by atoms with Crippen LogP contribution in [0, 0.1) is 5.92 Å². The second-order valence-corrected chi connectivity index (χ2v) is 4.98. The Morgan fingerprint density at radius 1 is 1.40 bits per heavy atom. The summed E-state index contributed by atoms with van der Waals surface area (Å²) in [4.78, 5) is 1.98. The minimum atomic E-state index is -2.66. The van der Waals surface area contributed by atoms with Gasteiger partial charge in [-0.15, -0.1) is 0 Å². The molecule has 0 aromatic heterocycles. The monoisotopic (exact) mass is 221 g/mol. The molecule has 0 aromatic rings. The second kappa shape index (κ2) is 4.74. The van der Waals surface area contributed by atoms with Gasteiger partial charge in [0.1, 0.15) is 6.10 Å². The maximum atomic E-state index is 13.5. The molecule has 15 heavy (non-hydrogen) atoms. The van der Waals surface area contributed by atoms with Crippen LogP contribution in [0.15, 0.2) is 0 Å². The number of hydrogen-bond acceptors (Lipinski definition) is 2. The van der Waals surface area contributed by atoms with E-state index in [0.29, 0.717) is 6.42 Å². The van der Waals surface area contributed by atoms with Crippen LogP contribution in [0.25, 0.3) is 0 Å². The van der Waals surface area contributed by atoms with E-state index in [-0.39, 0.29) is 18.4 Å². The van der Waals surface area contributed by atoms with E-state index in [1.807, 2.05) is 19.0 Å². The van der Waals surface area contributed by atoms with E-state index >= 15 is 0 Å². The van der Waals surface area contributed by atoms with E-state index in [4.69, 9.17) is 4.74 Å². The normalized spacial score (nSPS) is 31.2. The van der Waals surface area contributed by atoms with Crippen molar-refractivity contribution >= 4 is 0 Å². The maximum absolute atomic E-state index is 13.5. The first-order valence-corrected chi connectivity index (χ1v) is 5.51. The molecule has 0 amide bonds. The average Bonchev–Trinajstić information content (AvgIpc) is 2.06. The Morgan fingerprint density at radius 3 is 2.47 bits per heavy atom. The minimum absolute atomic E-state index is 0.0473. The molecule has 2 nitrogen and oxygen atoms in total. The van der Waals surface area contributed by atoms with Crippen LogP contribution in [0.3, 0.4) is 0 Å². The lowest BCUT2D eigenvalue weighted by atomic mass is 9.92. The third-order valence-corrected chi connectivity index (χ3v) is 2.73. The molecule has 0 aromatic carbocycles. The highest BCUT2D eigenvalue weighted by Crippen LogP contribution is 2.37. The van der Waals surface area contributed by atoms with Crippen molar-refractivity contribution < 1.29 is 13.5 Å². The molecule has 2 unspecified atom stereocenters. The predicted molar refractivity (Wildman–Crippen MR) is 56.2 cm³/mol. The summed E-state index contributed by atoms with van der Waals surface area (Å²) in [7, 11) is 3.86. The van der Waals surface area contributed by atoms with E-state index in [1.54, 1.807) is 13.8 Å². The van der Waals surface area contributed by atoms with Gasteiger partial charge in [0, 0.05) is 13.0 Å². The molecule has 0 N–H and O–H groups in total. The first-order chi connectivity index (χ1) is 6.83. The van der Waals surface area contributed by atoms with Crippen LogP contribution >= 0.6 is 0 Å². The van der Waals surface area contributed by atoms with Crippen molar-refractivity contribution in [3.8, 4) is 0 Å². The Hall–Kier alpha value is -0.220. The Kier molecular flexibility index (Phi) is 4.06. The fraction of sp³-hybridized carbons (Fsp3) is 1.00. The van der Waals surface area contributed by atoms with Crippen molar-refractivity contribution in [2.75, 3.05) is 20.6 Å². The first-order valence-electron chi connectivity index (χ1n) is 5.51. The van der Waals surface area contributed by atoms with Gasteiger partial charge in [0.2, 0.25) is 0 Å². The molecule has 0 spiro atoms. The Balaban J connectivity index is 2.58. The molecule has 1 rings (SSSR count). The zero-order valence-corrected chi connectivity index (χ0v) is 9.96. The number of likely N-dealkylation sites (N-methyl/N-ethyl adjacent to an activating group) is 1. The zero-order valence-electron chi connectivity index (χ0n) is 9.96. The predicted octanol–water partition coefficient (Wildman–Crippen LogP) is 2.39. The maximum Gasteiger partial charge on any atom is 0.274 e. The lowest BCUT2D eigenvalue weighted by Gasteiger charge is -2.39. The van der Waals surface area contributed by atoms with Gasteiger partial charge in [-0.2, -0.15) is 0 Å². The molecule has 1 aliphatic heterocycles. The molecule has 1 aliphatic rings. The minimum Gasteiger partial charge on any atom is -0.367 e. The Bertz CT molecular complexity index is 207. The van der Waals surface area contributed by atoms with E-state index in [2.05, 4.69) is 0 Å². The summed E-state index contributed by atoms with van der Waals surface area (Å²) in [5, 5.41) is 0. The molecule has 0 aliphatic carbocycles. The van der Waals surface area contributed by atoms with E-state index in [9.17, 15) is 8.78 Å². The van der Waals surface area contributed by atoms with Crippen molar-refractivity contribution in [3.63, 3.8) is 0 Å². The molecular formula is C11H21F2NO. The van der Waals surface area contributed by atoms with Crippen molar-refractivity contribution in [1.29, 1.82) is 0 Å². The summed E-state index contributed by atoms with van der Waals surface area (Å²) in [5.41, 5.74) is 0. The van der Waals surface area contributed by atoms with Crippen LogP contribution in [-0.4, -0.2) is 43.7 Å². The van der Waals surface area contributed by atoms with Gasteiger partial charge in [-0.05, 0) is 26.4 Å². The molecule has 0 bridgehead atoms. The summed E-state index contributed by atoms with van der Waals surface area (Å²) >= 11 is 0. The number of rotatable bonds is 3. The number of nitrogens with zero attached hydrogens (tertiary/aromatic N) is 1. The van der Waals surface area contributed by atoms with Crippen LogP contribution in [0.2, 0.25) is 0 Å². The highest BCUT2D eigenvalue weighted by atomic mass is 19.3. The summed E-state index contributed by atoms with van der Waals surface area (Å²) in [5.74, 6) is -2.79. The van der Waals surface area contributed by atoms with Crippen LogP contribution in [0.5, 0.6) is 0 Å². The SMILES string of the molecule is CC(C)C1OC(CN(C)C)CCC1(F)F. The standard InChI is InChI=1S/C11H21F2NO/c1-8(2)10-11(12,13)6-5-9(15-10)7-14(3)4/h8-10H,5-7H2,1-4H3. The van der Waals surface area contributed by atoms with Crippen molar-refractivity contribution in [2.24, 2.45) is 5.92 Å². The first kappa shape index (κ1) is 12.8. The van der Waals surface area contributed by atoms with Gasteiger partial charge in [0.05, 0.1) is 6.10 Å². The van der Waals surface area contributed by atoms with Crippen molar-refractivity contribution in [1.82, 2.24) is 4.90 Å². The highest BCUT2D eigenvalue weighted by Gasteiger charge is 2.46. The number of hydrogen-bond donors (Lipinski definition) is 0. The molecule has 4 heteroatoms. The number of ether oxygens (including phenoxy) is 1. The van der Waals surface area contributed by atoms with Gasteiger partial charge in [0.25, 0.3) is 5.92 Å². The summed E-state index contributed by atoms with van der Waals surface area (Å²) in [6, 6.07) is 0. The van der Waals surface area contributed by atoms with Gasteiger partial charge >= 0.3 is 0 Å². The smallest absolute Gasteiger partial charge is 0.274 e. The number of halogens is 2. The lowest BCUT2D eigenvalue weighted by molar-refractivity contribution is -0.214. The average molecular weight is 221 g/mol. The second-order valence-electron chi connectivity index (χ2n) is 4.98. The van der Waals surface area contributed by atoms with Crippen LogP contribution in [0.4, 0.5) is 8.78 Å². The quantitative estimate of drug-likeness (QED) is 0.725. The zero-order chi connectivity index (χ0) is 11.6. The van der Waals surface area contributed by atoms with Gasteiger partial charge in [0.15, 0.2) is 0 Å². The van der Waals surface area contributed by atoms with Gasteiger partial charge in [-0.25, -0.2) is 8.78 Å². The van der Waals surface area contributed by atoms with Crippen molar-refractivity contribution in [2.45, 2.75) is 44.8 Å². The molecule has 0 saturated carbocycles. The third kappa shape index (κ3) is 3.38. The molecule has 2 atom stereocenters. The molecular weight excluding hydrogens is 200 g/mol. The lowest BCUT2D eigenvalue weighted by Crippen LogP contribution is -2.49. The largest absolute Gasteiger partial charge is 0.367 e. The van der Waals surface area contributed by atoms with Gasteiger partial charge < -0.3 is 9.64 Å². The highest BCUT2D eigenvalue weighted by molar-refractivity contribution is 4.87. The molecule has 1 heterocycles. The van der Waals surface area contributed by atoms with Gasteiger partial charge in [-0.1, -0.05) is 13.8 Å². The van der Waals surface area contributed by atoms with Crippen LogP contribution in [-0.2, 0) is 4.74 Å². The third-order valence-electron chi connectivity index (χ3n) is 2.73. The molecule has 90 valence electrons. The Morgan fingerprint density at radius 2 is 2.00 bits per heavy atom. The summed E-state index contributed by atoms with van der Waals surface area (Å²) in [6.45, 7) is 4.30. The fourth-order valence-corrected chi connectivity index (χ4v) is 2.06. The summed E-state index contributed by atoms with van der Waals surface area (Å²) < 4.78 is 32.5. The van der Waals surface area contributed by atoms with Gasteiger partial charge in [-0.3, -0.25) is 0 Å². The molecule has 1 fully saturated rings. The summed E-state index contributed by atoms with van der Waals surface area (Å²) in [6.07, 6.45) is -0.564. The van der Waals surface area contributed by atoms with Crippen LogP contribution < -0.4 is 0 Å². The Labute approximate surface area is 90.6 Å². The molecule has 0 radical (unpaired) electrons. The van der Waals surface area contributed by atoms with Crippen LogP contribution in [0.1, 0.15) is 26.7 Å². The number of alkyl halides is 2. The topological polar surface area (TPSA) is 12.5 Å². The molecule has 1 saturated heterocycles.